The predicted molar refractivity (Wildman–Crippen MR) is 62.6 cm³/mol. The molecule has 0 radical (unpaired) electrons. The van der Waals surface area contributed by atoms with Gasteiger partial charge in [-0.05, 0) is 26.7 Å². The van der Waals surface area contributed by atoms with E-state index in [4.69, 9.17) is 9.84 Å². The van der Waals surface area contributed by atoms with Gasteiger partial charge in [0, 0.05) is 6.04 Å². The zero-order valence-corrected chi connectivity index (χ0v) is 10.4. The molecule has 0 heterocycles. The average Bonchev–Trinajstić information content (AvgIpc) is 2.27. The van der Waals surface area contributed by atoms with Gasteiger partial charge in [0.1, 0.15) is 6.61 Å². The molecule has 0 aliphatic heterocycles. The summed E-state index contributed by atoms with van der Waals surface area (Å²) in [4.78, 5) is 22.6. The molecule has 0 spiro atoms. The van der Waals surface area contributed by atoms with Crippen LogP contribution in [0.1, 0.15) is 39.5 Å². The van der Waals surface area contributed by atoms with Gasteiger partial charge in [-0.1, -0.05) is 12.8 Å². The van der Waals surface area contributed by atoms with Gasteiger partial charge in [0.25, 0.3) is 0 Å². The lowest BCUT2D eigenvalue weighted by Crippen LogP contribution is -2.46. The summed E-state index contributed by atoms with van der Waals surface area (Å²) in [6.07, 6.45) is 3.28. The van der Waals surface area contributed by atoms with E-state index in [2.05, 4.69) is 5.32 Å². The first kappa shape index (κ1) is 14.0. The minimum Gasteiger partial charge on any atom is -0.481 e. The number of nitrogens with one attached hydrogen (secondary N) is 1. The first-order valence-corrected chi connectivity index (χ1v) is 6.14. The van der Waals surface area contributed by atoms with Crippen LogP contribution in [-0.4, -0.2) is 35.7 Å². The Labute approximate surface area is 102 Å². The van der Waals surface area contributed by atoms with E-state index in [0.717, 1.165) is 19.3 Å². The number of ether oxygens (including phenoxy) is 1. The van der Waals surface area contributed by atoms with Crippen LogP contribution < -0.4 is 5.32 Å². The van der Waals surface area contributed by atoms with Gasteiger partial charge in [0.2, 0.25) is 5.91 Å². The number of carboxylic acids is 1. The summed E-state index contributed by atoms with van der Waals surface area (Å²) >= 11 is 0. The number of carboxylic acid groups (broad SMARTS) is 1. The Hall–Kier alpha value is -1.10. The Morgan fingerprint density at radius 3 is 2.59 bits per heavy atom. The Kier molecular flexibility index (Phi) is 5.41. The fourth-order valence-corrected chi connectivity index (χ4v) is 2.09. The maximum Gasteiger partial charge on any atom is 0.308 e. The van der Waals surface area contributed by atoms with Crippen LogP contribution in [-0.2, 0) is 14.3 Å². The van der Waals surface area contributed by atoms with E-state index in [1.54, 1.807) is 0 Å². The number of carbonyl (C=O) groups is 2. The molecule has 0 bridgehead atoms. The fourth-order valence-electron chi connectivity index (χ4n) is 2.09. The molecule has 98 valence electrons. The molecule has 0 aromatic heterocycles. The summed E-state index contributed by atoms with van der Waals surface area (Å²) in [5, 5.41) is 11.8. The molecule has 1 amide bonds. The number of amides is 1. The minimum absolute atomic E-state index is 0.000502. The van der Waals surface area contributed by atoms with Gasteiger partial charge in [-0.2, -0.15) is 0 Å². The van der Waals surface area contributed by atoms with Gasteiger partial charge in [0.15, 0.2) is 0 Å². The van der Waals surface area contributed by atoms with Crippen LogP contribution in [0.2, 0.25) is 0 Å². The molecule has 2 atom stereocenters. The van der Waals surface area contributed by atoms with Crippen LogP contribution in [0, 0.1) is 5.92 Å². The molecule has 1 rings (SSSR count). The van der Waals surface area contributed by atoms with Crippen molar-refractivity contribution in [3.63, 3.8) is 0 Å². The monoisotopic (exact) mass is 243 g/mol. The summed E-state index contributed by atoms with van der Waals surface area (Å²) in [5.74, 6) is -1.50. The third-order valence-electron chi connectivity index (χ3n) is 2.98. The summed E-state index contributed by atoms with van der Waals surface area (Å²) in [5.41, 5.74) is 0. The van der Waals surface area contributed by atoms with Crippen molar-refractivity contribution in [2.75, 3.05) is 6.61 Å². The Balaban J connectivity index is 2.42. The standard InChI is InChI=1S/C12H21NO4/c1-8(2)17-7-11(14)13-10-6-4-3-5-9(10)12(15)16/h8-10H,3-7H2,1-2H3,(H,13,14)(H,15,16). The second kappa shape index (κ2) is 6.59. The number of rotatable bonds is 5. The van der Waals surface area contributed by atoms with E-state index < -0.39 is 11.9 Å². The van der Waals surface area contributed by atoms with E-state index in [0.29, 0.717) is 6.42 Å². The molecule has 1 saturated carbocycles. The van der Waals surface area contributed by atoms with Crippen molar-refractivity contribution in [2.45, 2.75) is 51.7 Å². The van der Waals surface area contributed by atoms with Crippen molar-refractivity contribution in [3.8, 4) is 0 Å². The highest BCUT2D eigenvalue weighted by molar-refractivity contribution is 5.79. The summed E-state index contributed by atoms with van der Waals surface area (Å²) < 4.78 is 5.18. The minimum atomic E-state index is -0.820. The van der Waals surface area contributed by atoms with Crippen LogP contribution in [0.4, 0.5) is 0 Å². The molecule has 17 heavy (non-hydrogen) atoms. The third-order valence-corrected chi connectivity index (χ3v) is 2.98. The van der Waals surface area contributed by atoms with Crippen molar-refractivity contribution < 1.29 is 19.4 Å². The molecule has 5 heteroatoms. The molecule has 5 nitrogen and oxygen atoms in total. The number of carbonyl (C=O) groups excluding carboxylic acids is 1. The molecule has 0 saturated heterocycles. The summed E-state index contributed by atoms with van der Waals surface area (Å²) in [7, 11) is 0. The van der Waals surface area contributed by atoms with Crippen LogP contribution in [0.3, 0.4) is 0 Å². The Morgan fingerprint density at radius 2 is 2.00 bits per heavy atom. The lowest BCUT2D eigenvalue weighted by molar-refractivity contribution is -0.144. The van der Waals surface area contributed by atoms with Gasteiger partial charge in [0.05, 0.1) is 12.0 Å². The molecule has 2 unspecified atom stereocenters. The van der Waals surface area contributed by atoms with Gasteiger partial charge in [-0.25, -0.2) is 0 Å². The summed E-state index contributed by atoms with van der Waals surface area (Å²) in [6.45, 7) is 3.71. The van der Waals surface area contributed by atoms with Gasteiger partial charge in [-0.15, -0.1) is 0 Å². The molecule has 1 aliphatic rings. The quantitative estimate of drug-likeness (QED) is 0.760. The van der Waals surface area contributed by atoms with Crippen molar-refractivity contribution in [2.24, 2.45) is 5.92 Å². The number of hydrogen-bond donors (Lipinski definition) is 2. The van der Waals surface area contributed by atoms with E-state index >= 15 is 0 Å². The van der Waals surface area contributed by atoms with Crippen LogP contribution >= 0.6 is 0 Å². The molecule has 0 aromatic carbocycles. The lowest BCUT2D eigenvalue weighted by Gasteiger charge is -2.29. The Morgan fingerprint density at radius 1 is 1.35 bits per heavy atom. The largest absolute Gasteiger partial charge is 0.481 e. The maximum absolute atomic E-state index is 11.6. The van der Waals surface area contributed by atoms with Gasteiger partial charge < -0.3 is 15.2 Å². The predicted octanol–water partition coefficient (Wildman–Crippen LogP) is 1.17. The zero-order chi connectivity index (χ0) is 12.8. The molecule has 1 aliphatic carbocycles. The second-order valence-corrected chi connectivity index (χ2v) is 4.76. The highest BCUT2D eigenvalue weighted by Gasteiger charge is 2.31. The lowest BCUT2D eigenvalue weighted by atomic mass is 9.84. The molecule has 1 fully saturated rings. The van der Waals surface area contributed by atoms with Crippen LogP contribution in [0.15, 0.2) is 0 Å². The zero-order valence-electron chi connectivity index (χ0n) is 10.4. The van der Waals surface area contributed by atoms with Crippen molar-refractivity contribution in [1.82, 2.24) is 5.32 Å². The van der Waals surface area contributed by atoms with Crippen LogP contribution in [0.5, 0.6) is 0 Å². The van der Waals surface area contributed by atoms with Crippen LogP contribution in [0.25, 0.3) is 0 Å². The highest BCUT2D eigenvalue weighted by atomic mass is 16.5. The van der Waals surface area contributed by atoms with Gasteiger partial charge in [-0.3, -0.25) is 9.59 Å². The second-order valence-electron chi connectivity index (χ2n) is 4.76. The first-order valence-electron chi connectivity index (χ1n) is 6.14. The smallest absolute Gasteiger partial charge is 0.308 e. The molecular weight excluding hydrogens is 222 g/mol. The fraction of sp³-hybridized carbons (Fsp3) is 0.833. The first-order chi connectivity index (χ1) is 8.00. The SMILES string of the molecule is CC(C)OCC(=O)NC1CCCCC1C(=O)O. The topological polar surface area (TPSA) is 75.6 Å². The van der Waals surface area contributed by atoms with E-state index in [9.17, 15) is 9.59 Å². The van der Waals surface area contributed by atoms with E-state index in [-0.39, 0.29) is 24.7 Å². The van der Waals surface area contributed by atoms with E-state index in [1.807, 2.05) is 13.8 Å². The van der Waals surface area contributed by atoms with Crippen molar-refractivity contribution >= 4 is 11.9 Å². The van der Waals surface area contributed by atoms with Crippen molar-refractivity contribution in [1.29, 1.82) is 0 Å². The average molecular weight is 243 g/mol. The molecule has 0 aromatic rings. The highest BCUT2D eigenvalue weighted by Crippen LogP contribution is 2.24. The third kappa shape index (κ3) is 4.73. The molecule has 2 N–H and O–H groups in total. The number of hydrogen-bond acceptors (Lipinski definition) is 3. The normalized spacial score (nSPS) is 24.6. The number of aliphatic carboxylic acids is 1. The van der Waals surface area contributed by atoms with E-state index in [1.165, 1.54) is 0 Å². The summed E-state index contributed by atoms with van der Waals surface area (Å²) in [6, 6.07) is -0.246. The maximum atomic E-state index is 11.6. The van der Waals surface area contributed by atoms with Gasteiger partial charge >= 0.3 is 5.97 Å². The Bertz CT molecular complexity index is 278. The molecular formula is C12H21NO4. The van der Waals surface area contributed by atoms with Crippen molar-refractivity contribution in [3.05, 3.63) is 0 Å².